The maximum atomic E-state index is 13.0. The van der Waals surface area contributed by atoms with Crippen LogP contribution in [0.1, 0.15) is 12.8 Å². The van der Waals surface area contributed by atoms with Crippen LogP contribution in [0, 0.1) is 5.92 Å². The summed E-state index contributed by atoms with van der Waals surface area (Å²) < 4.78 is 38.0. The molecule has 0 spiro atoms. The van der Waals surface area contributed by atoms with Crippen LogP contribution in [0.25, 0.3) is 0 Å². The Hall–Kier alpha value is -1.84. The fourth-order valence-corrected chi connectivity index (χ4v) is 4.60. The monoisotopic (exact) mass is 355 g/mol. The van der Waals surface area contributed by atoms with Crippen LogP contribution in [0.15, 0.2) is 17.0 Å². The second-order valence-corrected chi connectivity index (χ2v) is 7.83. The molecule has 0 atom stereocenters. The number of nitrogens with one attached hydrogen (secondary N) is 1. The number of ether oxygens (including phenoxy) is 2. The fraction of sp³-hybridized carbons (Fsp3) is 0.533. The molecule has 2 aliphatic rings. The molecular formula is C15H21N3O5S. The van der Waals surface area contributed by atoms with Gasteiger partial charge in [0.25, 0.3) is 5.91 Å². The normalized spacial score (nSPS) is 19.3. The molecule has 132 valence electrons. The van der Waals surface area contributed by atoms with Gasteiger partial charge in [-0.3, -0.25) is 4.79 Å². The third-order valence-electron chi connectivity index (χ3n) is 4.42. The number of carbonyl (C=O) groups is 1. The van der Waals surface area contributed by atoms with Crippen LogP contribution in [-0.4, -0.2) is 52.0 Å². The Morgan fingerprint density at radius 1 is 1.38 bits per heavy atom. The van der Waals surface area contributed by atoms with E-state index in [0.717, 1.165) is 12.8 Å². The van der Waals surface area contributed by atoms with Gasteiger partial charge in [0.15, 0.2) is 6.61 Å². The fourth-order valence-electron chi connectivity index (χ4n) is 2.97. The first-order chi connectivity index (χ1) is 11.5. The van der Waals surface area contributed by atoms with Crippen molar-refractivity contribution in [1.82, 2.24) is 4.31 Å². The van der Waals surface area contributed by atoms with Gasteiger partial charge in [0.2, 0.25) is 10.0 Å². The number of sulfonamides is 1. The first-order valence-corrected chi connectivity index (χ1v) is 9.24. The van der Waals surface area contributed by atoms with E-state index >= 15 is 0 Å². The Bertz CT molecular complexity index is 742. The van der Waals surface area contributed by atoms with E-state index in [9.17, 15) is 13.2 Å². The third kappa shape index (κ3) is 3.06. The SMILES string of the molecule is COc1cc2c(cc1S(=O)(=O)N1CCC(CN)CC1)OCC(=O)N2. The first-order valence-electron chi connectivity index (χ1n) is 7.80. The average Bonchev–Trinajstić information content (AvgIpc) is 2.60. The van der Waals surface area contributed by atoms with E-state index in [1.807, 2.05) is 0 Å². The molecule has 0 aromatic heterocycles. The summed E-state index contributed by atoms with van der Waals surface area (Å²) in [6, 6.07) is 2.89. The second kappa shape index (κ2) is 6.58. The summed E-state index contributed by atoms with van der Waals surface area (Å²) in [4.78, 5) is 11.4. The van der Waals surface area contributed by atoms with Crippen LogP contribution < -0.4 is 20.5 Å². The molecule has 2 heterocycles. The van der Waals surface area contributed by atoms with Crippen molar-refractivity contribution in [3.05, 3.63) is 12.1 Å². The third-order valence-corrected chi connectivity index (χ3v) is 6.34. The number of amides is 1. The maximum Gasteiger partial charge on any atom is 0.262 e. The van der Waals surface area contributed by atoms with Gasteiger partial charge in [-0.1, -0.05) is 0 Å². The van der Waals surface area contributed by atoms with Crippen molar-refractivity contribution in [3.8, 4) is 11.5 Å². The Kier molecular flexibility index (Phi) is 4.66. The van der Waals surface area contributed by atoms with Gasteiger partial charge in [-0.25, -0.2) is 8.42 Å². The summed E-state index contributed by atoms with van der Waals surface area (Å²) in [7, 11) is -2.31. The lowest BCUT2D eigenvalue weighted by Crippen LogP contribution is -2.40. The Balaban J connectivity index is 1.94. The van der Waals surface area contributed by atoms with Gasteiger partial charge >= 0.3 is 0 Å². The van der Waals surface area contributed by atoms with Gasteiger partial charge in [-0.05, 0) is 25.3 Å². The topological polar surface area (TPSA) is 111 Å². The van der Waals surface area contributed by atoms with E-state index in [2.05, 4.69) is 5.32 Å². The molecule has 0 unspecified atom stereocenters. The largest absolute Gasteiger partial charge is 0.495 e. The molecule has 3 rings (SSSR count). The molecule has 9 heteroatoms. The number of methoxy groups -OCH3 is 1. The number of carbonyl (C=O) groups excluding carboxylic acids is 1. The van der Waals surface area contributed by atoms with Gasteiger partial charge in [0.05, 0.1) is 12.8 Å². The number of nitrogens with zero attached hydrogens (tertiary/aromatic N) is 1. The molecule has 1 saturated heterocycles. The molecule has 3 N–H and O–H groups in total. The standard InChI is InChI=1S/C15H21N3O5S/c1-22-13-6-11-12(23-9-15(19)17-11)7-14(13)24(20,21)18-4-2-10(8-16)3-5-18/h6-7,10H,2-5,8-9,16H2,1H3,(H,17,19). The molecule has 1 aromatic rings. The summed E-state index contributed by atoms with van der Waals surface area (Å²) in [5, 5.41) is 2.64. The molecule has 1 amide bonds. The van der Waals surface area contributed by atoms with Gasteiger partial charge in [-0.2, -0.15) is 4.31 Å². The van der Waals surface area contributed by atoms with E-state index in [0.29, 0.717) is 37.0 Å². The quantitative estimate of drug-likeness (QED) is 0.808. The molecule has 0 radical (unpaired) electrons. The lowest BCUT2D eigenvalue weighted by molar-refractivity contribution is -0.118. The van der Waals surface area contributed by atoms with Crippen molar-refractivity contribution < 1.29 is 22.7 Å². The van der Waals surface area contributed by atoms with Gasteiger partial charge in [-0.15, -0.1) is 0 Å². The lowest BCUT2D eigenvalue weighted by atomic mass is 9.99. The van der Waals surface area contributed by atoms with Crippen LogP contribution in [0.4, 0.5) is 5.69 Å². The van der Waals surface area contributed by atoms with Crippen LogP contribution in [0.5, 0.6) is 11.5 Å². The summed E-state index contributed by atoms with van der Waals surface area (Å²) in [5.74, 6) is 0.579. The number of rotatable bonds is 4. The molecule has 2 aliphatic heterocycles. The van der Waals surface area contributed by atoms with Crippen molar-refractivity contribution in [2.45, 2.75) is 17.7 Å². The minimum absolute atomic E-state index is 0.0473. The molecule has 24 heavy (non-hydrogen) atoms. The Morgan fingerprint density at radius 3 is 2.71 bits per heavy atom. The average molecular weight is 355 g/mol. The van der Waals surface area contributed by atoms with Gasteiger partial charge in [0, 0.05) is 25.2 Å². The van der Waals surface area contributed by atoms with Crippen LogP contribution in [-0.2, 0) is 14.8 Å². The van der Waals surface area contributed by atoms with E-state index in [1.54, 1.807) is 0 Å². The van der Waals surface area contributed by atoms with E-state index < -0.39 is 10.0 Å². The molecule has 0 aliphatic carbocycles. The molecule has 8 nitrogen and oxygen atoms in total. The Morgan fingerprint density at radius 2 is 2.08 bits per heavy atom. The maximum absolute atomic E-state index is 13.0. The number of hydrogen-bond donors (Lipinski definition) is 2. The molecular weight excluding hydrogens is 334 g/mol. The number of fused-ring (bicyclic) bond motifs is 1. The van der Waals surface area contributed by atoms with Crippen molar-refractivity contribution in [1.29, 1.82) is 0 Å². The van der Waals surface area contributed by atoms with E-state index in [1.165, 1.54) is 23.5 Å². The van der Waals surface area contributed by atoms with Crippen molar-refractivity contribution in [3.63, 3.8) is 0 Å². The zero-order valence-corrected chi connectivity index (χ0v) is 14.3. The number of piperidine rings is 1. The van der Waals surface area contributed by atoms with E-state index in [-0.39, 0.29) is 23.2 Å². The Labute approximate surface area is 141 Å². The minimum Gasteiger partial charge on any atom is -0.495 e. The smallest absolute Gasteiger partial charge is 0.262 e. The zero-order chi connectivity index (χ0) is 17.3. The predicted octanol–water partition coefficient (Wildman–Crippen LogP) is 0.386. The molecule has 1 fully saturated rings. The van der Waals surface area contributed by atoms with Crippen molar-refractivity contribution in [2.75, 3.05) is 38.7 Å². The van der Waals surface area contributed by atoms with Gasteiger partial charge < -0.3 is 20.5 Å². The number of anilines is 1. The number of nitrogens with two attached hydrogens (primary N) is 1. The van der Waals surface area contributed by atoms with Crippen molar-refractivity contribution in [2.24, 2.45) is 11.7 Å². The van der Waals surface area contributed by atoms with Crippen molar-refractivity contribution >= 4 is 21.6 Å². The molecule has 0 bridgehead atoms. The van der Waals surface area contributed by atoms with Crippen LogP contribution in [0.3, 0.4) is 0 Å². The summed E-state index contributed by atoms with van der Waals surface area (Å²) in [6.45, 7) is 1.30. The van der Waals surface area contributed by atoms with Crippen LogP contribution in [0.2, 0.25) is 0 Å². The summed E-state index contributed by atoms with van der Waals surface area (Å²) in [6.07, 6.45) is 1.49. The highest BCUT2D eigenvalue weighted by Crippen LogP contribution is 2.38. The van der Waals surface area contributed by atoms with Crippen LogP contribution >= 0.6 is 0 Å². The minimum atomic E-state index is -3.71. The predicted molar refractivity (Wildman–Crippen MR) is 87.7 cm³/mol. The first kappa shape index (κ1) is 17.0. The van der Waals surface area contributed by atoms with E-state index in [4.69, 9.17) is 15.2 Å². The van der Waals surface area contributed by atoms with Gasteiger partial charge in [0.1, 0.15) is 16.4 Å². The second-order valence-electron chi connectivity index (χ2n) is 5.92. The highest BCUT2D eigenvalue weighted by atomic mass is 32.2. The summed E-state index contributed by atoms with van der Waals surface area (Å²) in [5.41, 5.74) is 6.07. The zero-order valence-electron chi connectivity index (χ0n) is 13.4. The highest BCUT2D eigenvalue weighted by molar-refractivity contribution is 7.89. The number of benzene rings is 1. The lowest BCUT2D eigenvalue weighted by Gasteiger charge is -2.31. The molecule has 0 saturated carbocycles. The molecule has 1 aromatic carbocycles. The number of hydrogen-bond acceptors (Lipinski definition) is 6. The summed E-state index contributed by atoms with van der Waals surface area (Å²) >= 11 is 0. The highest BCUT2D eigenvalue weighted by Gasteiger charge is 2.33.